The van der Waals surface area contributed by atoms with Crippen LogP contribution in [0.2, 0.25) is 5.02 Å². The van der Waals surface area contributed by atoms with E-state index in [1.165, 1.54) is 32.4 Å². The van der Waals surface area contributed by atoms with E-state index in [1.807, 2.05) is 0 Å². The number of anilines is 1. The molecule has 0 atom stereocenters. The number of carbonyl (C=O) groups is 1. The van der Waals surface area contributed by atoms with E-state index in [0.29, 0.717) is 17.1 Å². The molecule has 1 amide bonds. The molecule has 0 aliphatic rings. The van der Waals surface area contributed by atoms with Crippen molar-refractivity contribution >= 4 is 35.0 Å². The van der Waals surface area contributed by atoms with Crippen LogP contribution >= 0.6 is 11.6 Å². The molecule has 2 aromatic carbocycles. The van der Waals surface area contributed by atoms with E-state index in [0.717, 1.165) is 6.07 Å². The van der Waals surface area contributed by atoms with E-state index in [-0.39, 0.29) is 22.0 Å². The fourth-order valence-corrected chi connectivity index (χ4v) is 2.45. The average Bonchev–Trinajstić information content (AvgIpc) is 2.66. The largest absolute Gasteiger partial charge is 0.493 e. The van der Waals surface area contributed by atoms with Crippen LogP contribution < -0.4 is 14.8 Å². The quantitative estimate of drug-likeness (QED) is 0.349. The number of hydrogen-bond acceptors (Lipinski definition) is 6. The highest BCUT2D eigenvalue weighted by atomic mass is 35.5. The van der Waals surface area contributed by atoms with Gasteiger partial charge in [-0.1, -0.05) is 23.7 Å². The minimum Gasteiger partial charge on any atom is -0.493 e. The topological polar surface area (TPSA) is 114 Å². The lowest BCUT2D eigenvalue weighted by molar-refractivity contribution is -0.384. The SMILES string of the molecule is COc1cccc(/C=C(\C#N)C(=O)Nc2ccc(Cl)c([N+](=O)[O-])c2)c1OC. The number of nitro groups is 1. The van der Waals surface area contributed by atoms with Gasteiger partial charge in [0, 0.05) is 17.3 Å². The molecule has 138 valence electrons. The first-order valence-electron chi connectivity index (χ1n) is 7.49. The molecule has 0 heterocycles. The third-order valence-electron chi connectivity index (χ3n) is 3.50. The van der Waals surface area contributed by atoms with Crippen LogP contribution in [0.4, 0.5) is 11.4 Å². The van der Waals surface area contributed by atoms with Crippen LogP contribution in [0.1, 0.15) is 5.56 Å². The highest BCUT2D eigenvalue weighted by Gasteiger charge is 2.17. The van der Waals surface area contributed by atoms with Crippen LogP contribution in [0, 0.1) is 21.4 Å². The van der Waals surface area contributed by atoms with Gasteiger partial charge in [0.15, 0.2) is 11.5 Å². The van der Waals surface area contributed by atoms with E-state index in [1.54, 1.807) is 24.3 Å². The summed E-state index contributed by atoms with van der Waals surface area (Å²) in [6.45, 7) is 0. The zero-order chi connectivity index (χ0) is 20.0. The van der Waals surface area contributed by atoms with Crippen molar-refractivity contribution in [1.29, 1.82) is 5.26 Å². The van der Waals surface area contributed by atoms with Gasteiger partial charge in [0.2, 0.25) is 0 Å². The molecule has 2 rings (SSSR count). The summed E-state index contributed by atoms with van der Waals surface area (Å²) in [5, 5.41) is 22.6. The highest BCUT2D eigenvalue weighted by Crippen LogP contribution is 2.32. The van der Waals surface area contributed by atoms with Crippen LogP contribution in [0.25, 0.3) is 6.08 Å². The second-order valence-electron chi connectivity index (χ2n) is 5.13. The molecule has 0 spiro atoms. The van der Waals surface area contributed by atoms with Crippen molar-refractivity contribution < 1.29 is 19.2 Å². The van der Waals surface area contributed by atoms with Crippen molar-refractivity contribution in [1.82, 2.24) is 0 Å². The molecule has 0 aliphatic carbocycles. The summed E-state index contributed by atoms with van der Waals surface area (Å²) in [5.41, 5.74) is 0.0195. The summed E-state index contributed by atoms with van der Waals surface area (Å²) in [6, 6.07) is 10.6. The lowest BCUT2D eigenvalue weighted by Gasteiger charge is -2.10. The summed E-state index contributed by atoms with van der Waals surface area (Å²) in [6.07, 6.45) is 1.33. The first kappa shape index (κ1) is 19.8. The molecule has 27 heavy (non-hydrogen) atoms. The summed E-state index contributed by atoms with van der Waals surface area (Å²) in [5.74, 6) is 0.0685. The number of hydrogen-bond donors (Lipinski definition) is 1. The van der Waals surface area contributed by atoms with E-state index >= 15 is 0 Å². The van der Waals surface area contributed by atoms with E-state index in [2.05, 4.69) is 5.32 Å². The van der Waals surface area contributed by atoms with Gasteiger partial charge >= 0.3 is 0 Å². The van der Waals surface area contributed by atoms with E-state index < -0.39 is 10.8 Å². The zero-order valence-electron chi connectivity index (χ0n) is 14.4. The minimum absolute atomic E-state index is 0.0600. The number of carbonyl (C=O) groups excluding carboxylic acids is 1. The van der Waals surface area contributed by atoms with Crippen LogP contribution in [0.3, 0.4) is 0 Å². The minimum atomic E-state index is -0.737. The number of halogens is 1. The Morgan fingerprint density at radius 3 is 2.63 bits per heavy atom. The zero-order valence-corrected chi connectivity index (χ0v) is 15.1. The van der Waals surface area contributed by atoms with Crippen molar-refractivity contribution in [3.05, 3.63) is 62.7 Å². The molecule has 0 aromatic heterocycles. The summed E-state index contributed by atoms with van der Waals surface area (Å²) >= 11 is 5.74. The predicted octanol–water partition coefficient (Wildman–Crippen LogP) is 3.81. The van der Waals surface area contributed by atoms with E-state index in [9.17, 15) is 20.2 Å². The molecule has 0 saturated heterocycles. The monoisotopic (exact) mass is 387 g/mol. The van der Waals surface area contributed by atoms with Crippen LogP contribution in [-0.2, 0) is 4.79 Å². The molecule has 0 bridgehead atoms. The molecule has 0 fully saturated rings. The molecule has 1 N–H and O–H groups in total. The van der Waals surface area contributed by atoms with Crippen molar-refractivity contribution in [3.8, 4) is 17.6 Å². The molecular weight excluding hydrogens is 374 g/mol. The lowest BCUT2D eigenvalue weighted by atomic mass is 10.1. The molecule has 9 heteroatoms. The standard InChI is InChI=1S/C18H14ClN3O5/c1-26-16-5-3-4-11(17(16)27-2)8-12(10-20)18(23)21-13-6-7-14(19)15(9-13)22(24)25/h3-9H,1-2H3,(H,21,23)/b12-8+. The van der Waals surface area contributed by atoms with Gasteiger partial charge in [-0.2, -0.15) is 5.26 Å². The second-order valence-corrected chi connectivity index (χ2v) is 5.54. The first-order chi connectivity index (χ1) is 12.9. The number of benzene rings is 2. The van der Waals surface area contributed by atoms with Crippen LogP contribution in [-0.4, -0.2) is 25.1 Å². The number of para-hydroxylation sites is 1. The Morgan fingerprint density at radius 2 is 2.04 bits per heavy atom. The number of nitrogens with zero attached hydrogens (tertiary/aromatic N) is 2. The van der Waals surface area contributed by atoms with Crippen molar-refractivity contribution in [3.63, 3.8) is 0 Å². The number of nitriles is 1. The molecule has 2 aromatic rings. The van der Waals surface area contributed by atoms with Gasteiger partial charge in [-0.15, -0.1) is 0 Å². The number of rotatable bonds is 6. The van der Waals surface area contributed by atoms with Crippen molar-refractivity contribution in [2.24, 2.45) is 0 Å². The van der Waals surface area contributed by atoms with Gasteiger partial charge < -0.3 is 14.8 Å². The highest BCUT2D eigenvalue weighted by molar-refractivity contribution is 6.32. The Bertz CT molecular complexity index is 966. The Balaban J connectivity index is 2.35. The van der Waals surface area contributed by atoms with Crippen molar-refractivity contribution in [2.45, 2.75) is 0 Å². The fraction of sp³-hybridized carbons (Fsp3) is 0.111. The number of nitro benzene ring substituents is 1. The number of ether oxygens (including phenoxy) is 2. The van der Waals surface area contributed by atoms with Gasteiger partial charge in [-0.25, -0.2) is 0 Å². The van der Waals surface area contributed by atoms with Crippen molar-refractivity contribution in [2.75, 3.05) is 19.5 Å². The summed E-state index contributed by atoms with van der Waals surface area (Å²) in [7, 11) is 2.91. The van der Waals surface area contributed by atoms with Crippen LogP contribution in [0.5, 0.6) is 11.5 Å². The molecule has 0 saturated carbocycles. The summed E-state index contributed by atoms with van der Waals surface area (Å²) < 4.78 is 10.4. The van der Waals surface area contributed by atoms with Gasteiger partial charge in [0.1, 0.15) is 16.7 Å². The Hall–Kier alpha value is -3.57. The van der Waals surface area contributed by atoms with Gasteiger partial charge in [-0.05, 0) is 24.3 Å². The Kier molecular flexibility index (Phi) is 6.36. The fourth-order valence-electron chi connectivity index (χ4n) is 2.26. The van der Waals surface area contributed by atoms with Gasteiger partial charge in [-0.3, -0.25) is 14.9 Å². The maximum atomic E-state index is 12.4. The van der Waals surface area contributed by atoms with E-state index in [4.69, 9.17) is 21.1 Å². The maximum absolute atomic E-state index is 12.4. The number of nitrogens with one attached hydrogen (secondary N) is 1. The number of methoxy groups -OCH3 is 2. The average molecular weight is 388 g/mol. The molecular formula is C18H14ClN3O5. The molecule has 0 unspecified atom stereocenters. The predicted molar refractivity (Wildman–Crippen MR) is 99.9 cm³/mol. The Labute approximate surface area is 159 Å². The normalized spacial score (nSPS) is 10.7. The molecule has 0 radical (unpaired) electrons. The third kappa shape index (κ3) is 4.54. The smallest absolute Gasteiger partial charge is 0.289 e. The third-order valence-corrected chi connectivity index (χ3v) is 3.82. The lowest BCUT2D eigenvalue weighted by Crippen LogP contribution is -2.13. The van der Waals surface area contributed by atoms with Gasteiger partial charge in [0.05, 0.1) is 19.1 Å². The number of amides is 1. The first-order valence-corrected chi connectivity index (χ1v) is 7.87. The second kappa shape index (κ2) is 8.69. The maximum Gasteiger partial charge on any atom is 0.289 e. The summed E-state index contributed by atoms with van der Waals surface area (Å²) in [4.78, 5) is 22.7. The molecule has 8 nitrogen and oxygen atoms in total. The Morgan fingerprint density at radius 1 is 1.30 bits per heavy atom. The molecule has 0 aliphatic heterocycles. The van der Waals surface area contributed by atoms with Crippen LogP contribution in [0.15, 0.2) is 42.0 Å². The van der Waals surface area contributed by atoms with Gasteiger partial charge in [0.25, 0.3) is 11.6 Å².